The summed E-state index contributed by atoms with van der Waals surface area (Å²) < 4.78 is 13.2. The van der Waals surface area contributed by atoms with E-state index in [4.69, 9.17) is 0 Å². The van der Waals surface area contributed by atoms with Crippen LogP contribution in [0.25, 0.3) is 5.76 Å². The summed E-state index contributed by atoms with van der Waals surface area (Å²) >= 11 is 0. The quantitative estimate of drug-likeness (QED) is 0.476. The third-order valence-electron chi connectivity index (χ3n) is 4.63. The lowest BCUT2D eigenvalue weighted by Gasteiger charge is -2.25. The van der Waals surface area contributed by atoms with Crippen LogP contribution >= 0.6 is 0 Å². The molecule has 0 spiro atoms. The van der Waals surface area contributed by atoms with Gasteiger partial charge in [0.15, 0.2) is 0 Å². The van der Waals surface area contributed by atoms with Crippen molar-refractivity contribution in [2.45, 2.75) is 6.04 Å². The lowest BCUT2D eigenvalue weighted by atomic mass is 9.95. The van der Waals surface area contributed by atoms with Crippen molar-refractivity contribution in [1.82, 2.24) is 4.90 Å². The van der Waals surface area contributed by atoms with E-state index in [9.17, 15) is 19.1 Å². The molecule has 1 fully saturated rings. The second-order valence-corrected chi connectivity index (χ2v) is 6.87. The van der Waals surface area contributed by atoms with Gasteiger partial charge in [-0.25, -0.2) is 4.39 Å². The van der Waals surface area contributed by atoms with Gasteiger partial charge in [-0.2, -0.15) is 0 Å². The average Bonchev–Trinajstić information content (AvgIpc) is 2.91. The van der Waals surface area contributed by atoms with Crippen molar-refractivity contribution >= 4 is 17.4 Å². The molecular formula is C21H22FN2O3+. The Balaban J connectivity index is 2.12. The smallest absolute Gasteiger partial charge is 0.295 e. The van der Waals surface area contributed by atoms with Crippen LogP contribution in [-0.2, 0) is 9.59 Å². The molecule has 2 N–H and O–H groups in total. The Morgan fingerprint density at radius 3 is 2.30 bits per heavy atom. The number of quaternary nitrogens is 1. The van der Waals surface area contributed by atoms with Gasteiger partial charge in [0.05, 0.1) is 38.8 Å². The number of Topliss-reactive ketones (excluding diaryl/α,β-unsaturated/α-hetero) is 1. The van der Waals surface area contributed by atoms with E-state index in [1.54, 1.807) is 0 Å². The fourth-order valence-electron chi connectivity index (χ4n) is 3.20. The van der Waals surface area contributed by atoms with Gasteiger partial charge in [0, 0.05) is 5.56 Å². The van der Waals surface area contributed by atoms with Crippen molar-refractivity contribution in [2.75, 3.05) is 27.2 Å². The van der Waals surface area contributed by atoms with Crippen LogP contribution in [0.4, 0.5) is 4.39 Å². The van der Waals surface area contributed by atoms with Gasteiger partial charge in [-0.15, -0.1) is 0 Å². The van der Waals surface area contributed by atoms with Gasteiger partial charge >= 0.3 is 0 Å². The molecule has 0 saturated carbocycles. The number of carbonyl (C=O) groups is 2. The zero-order valence-corrected chi connectivity index (χ0v) is 15.3. The summed E-state index contributed by atoms with van der Waals surface area (Å²) in [5.74, 6) is -2.09. The molecule has 6 heteroatoms. The summed E-state index contributed by atoms with van der Waals surface area (Å²) in [5.41, 5.74) is 1.08. The predicted molar refractivity (Wildman–Crippen MR) is 99.5 cm³/mol. The summed E-state index contributed by atoms with van der Waals surface area (Å²) in [7, 11) is 3.93. The molecule has 1 atom stereocenters. The number of likely N-dealkylation sites (tertiary alicyclic amines) is 1. The van der Waals surface area contributed by atoms with Crippen LogP contribution in [0.5, 0.6) is 0 Å². The van der Waals surface area contributed by atoms with E-state index < -0.39 is 23.5 Å². The molecule has 1 amide bonds. The first kappa shape index (κ1) is 18.8. The molecule has 0 unspecified atom stereocenters. The molecule has 1 saturated heterocycles. The molecular weight excluding hydrogens is 347 g/mol. The molecule has 1 heterocycles. The van der Waals surface area contributed by atoms with Gasteiger partial charge in [-0.3, -0.25) is 9.59 Å². The van der Waals surface area contributed by atoms with Gasteiger partial charge in [0.25, 0.3) is 11.7 Å². The number of aliphatic hydroxyl groups is 1. The molecule has 27 heavy (non-hydrogen) atoms. The summed E-state index contributed by atoms with van der Waals surface area (Å²) in [6.45, 7) is 1.04. The van der Waals surface area contributed by atoms with Crippen LogP contribution in [0.1, 0.15) is 17.2 Å². The number of carbonyl (C=O) groups excluding carboxylic acids is 2. The topological polar surface area (TPSA) is 62.0 Å². The third kappa shape index (κ3) is 3.75. The first-order valence-corrected chi connectivity index (χ1v) is 8.78. The highest BCUT2D eigenvalue weighted by Gasteiger charge is 2.46. The van der Waals surface area contributed by atoms with E-state index in [1.165, 1.54) is 29.2 Å². The fourth-order valence-corrected chi connectivity index (χ4v) is 3.20. The van der Waals surface area contributed by atoms with E-state index in [0.29, 0.717) is 18.7 Å². The van der Waals surface area contributed by atoms with Crippen molar-refractivity contribution < 1.29 is 24.0 Å². The largest absolute Gasteiger partial charge is 0.507 e. The Bertz CT molecular complexity index is 876. The predicted octanol–water partition coefficient (Wildman–Crippen LogP) is 1.39. The Kier molecular flexibility index (Phi) is 5.37. The Labute approximate surface area is 157 Å². The number of rotatable bonds is 5. The SMILES string of the molecule is C[NH+](C)CCN1C(=O)C(=O)/C(=C(\O)c2ccc(F)cc2)[C@@H]1c1ccccc1. The second-order valence-electron chi connectivity index (χ2n) is 6.87. The lowest BCUT2D eigenvalue weighted by molar-refractivity contribution is -0.857. The Hall–Kier alpha value is -2.99. The molecule has 140 valence electrons. The number of benzene rings is 2. The van der Waals surface area contributed by atoms with Crippen molar-refractivity contribution in [3.05, 3.63) is 77.1 Å². The monoisotopic (exact) mass is 369 g/mol. The number of likely N-dealkylation sites (N-methyl/N-ethyl adjacent to an activating group) is 1. The minimum atomic E-state index is -0.723. The maximum absolute atomic E-state index is 13.2. The van der Waals surface area contributed by atoms with Crippen LogP contribution in [0.15, 0.2) is 60.2 Å². The van der Waals surface area contributed by atoms with E-state index in [-0.39, 0.29) is 11.3 Å². The van der Waals surface area contributed by atoms with Gasteiger partial charge in [0.1, 0.15) is 11.6 Å². The highest BCUT2D eigenvalue weighted by molar-refractivity contribution is 6.46. The van der Waals surface area contributed by atoms with Crippen molar-refractivity contribution in [2.24, 2.45) is 0 Å². The van der Waals surface area contributed by atoms with Crippen molar-refractivity contribution in [3.63, 3.8) is 0 Å². The van der Waals surface area contributed by atoms with Crippen molar-refractivity contribution in [1.29, 1.82) is 0 Å². The fraction of sp³-hybridized carbons (Fsp3) is 0.238. The minimum absolute atomic E-state index is 0.0339. The molecule has 1 aliphatic heterocycles. The van der Waals surface area contributed by atoms with Crippen molar-refractivity contribution in [3.8, 4) is 0 Å². The third-order valence-corrected chi connectivity index (χ3v) is 4.63. The van der Waals surface area contributed by atoms with Crippen LogP contribution in [0.3, 0.4) is 0 Å². The number of nitrogens with one attached hydrogen (secondary N) is 1. The molecule has 5 nitrogen and oxygen atoms in total. The van der Waals surface area contributed by atoms with E-state index in [0.717, 1.165) is 10.5 Å². The van der Waals surface area contributed by atoms with Gasteiger partial charge in [-0.05, 0) is 29.8 Å². The van der Waals surface area contributed by atoms with Crippen LogP contribution in [0, 0.1) is 5.82 Å². The molecule has 0 aliphatic carbocycles. The van der Waals surface area contributed by atoms with E-state index in [2.05, 4.69) is 0 Å². The van der Waals surface area contributed by atoms with Gasteiger partial charge < -0.3 is 14.9 Å². The normalized spacial score (nSPS) is 19.1. The number of amides is 1. The summed E-state index contributed by atoms with van der Waals surface area (Å²) in [5, 5.41) is 10.8. The highest BCUT2D eigenvalue weighted by atomic mass is 19.1. The van der Waals surface area contributed by atoms with Gasteiger partial charge in [0.2, 0.25) is 0 Å². The lowest BCUT2D eigenvalue weighted by Crippen LogP contribution is -3.06. The first-order valence-electron chi connectivity index (χ1n) is 8.78. The summed E-state index contributed by atoms with van der Waals surface area (Å²) in [4.78, 5) is 28.0. The summed E-state index contributed by atoms with van der Waals surface area (Å²) in [6.07, 6.45) is 0. The maximum Gasteiger partial charge on any atom is 0.295 e. The molecule has 2 aromatic rings. The zero-order chi connectivity index (χ0) is 19.6. The second kappa shape index (κ2) is 7.72. The molecule has 1 aliphatic rings. The molecule has 2 aromatic carbocycles. The highest BCUT2D eigenvalue weighted by Crippen LogP contribution is 2.38. The van der Waals surface area contributed by atoms with Crippen LogP contribution in [0.2, 0.25) is 0 Å². The van der Waals surface area contributed by atoms with Crippen LogP contribution < -0.4 is 4.90 Å². The van der Waals surface area contributed by atoms with Gasteiger partial charge in [-0.1, -0.05) is 30.3 Å². The number of aliphatic hydroxyl groups excluding tert-OH is 1. The molecule has 0 bridgehead atoms. The number of nitrogens with zero attached hydrogens (tertiary/aromatic N) is 1. The average molecular weight is 369 g/mol. The number of hydrogen-bond donors (Lipinski definition) is 2. The van der Waals surface area contributed by atoms with E-state index in [1.807, 2.05) is 44.4 Å². The Morgan fingerprint density at radius 1 is 1.07 bits per heavy atom. The standard InChI is InChI=1S/C21H21FN2O3/c1-23(2)12-13-24-18(14-6-4-3-5-7-14)17(20(26)21(24)27)19(25)15-8-10-16(22)11-9-15/h3-11,18,25H,12-13H2,1-2H3/p+1/b19-17-/t18-/m0/s1. The maximum atomic E-state index is 13.2. The zero-order valence-electron chi connectivity index (χ0n) is 15.3. The number of ketones is 1. The minimum Gasteiger partial charge on any atom is -0.507 e. The van der Waals surface area contributed by atoms with Crippen LogP contribution in [-0.4, -0.2) is 48.9 Å². The molecule has 0 radical (unpaired) electrons. The first-order chi connectivity index (χ1) is 12.9. The number of hydrogen-bond acceptors (Lipinski definition) is 3. The molecule has 3 rings (SSSR count). The molecule has 0 aromatic heterocycles. The number of halogens is 1. The Morgan fingerprint density at radius 2 is 1.70 bits per heavy atom. The van der Waals surface area contributed by atoms with E-state index >= 15 is 0 Å². The summed E-state index contributed by atoms with van der Waals surface area (Å²) in [6, 6.07) is 13.7.